The minimum absolute atomic E-state index is 0.550. The van der Waals surface area contributed by atoms with Gasteiger partial charge in [-0.3, -0.25) is 0 Å². The third kappa shape index (κ3) is 5.76. The Kier molecular flexibility index (Phi) is 7.80. The maximum atomic E-state index is 6.68. The molecular weight excluding hydrogens is 773 g/mol. The van der Waals surface area contributed by atoms with Crippen molar-refractivity contribution in [1.29, 1.82) is 0 Å². The smallest absolute Gasteiger partial charge is 0.164 e. The number of hydrogen-bond acceptors (Lipinski definition) is 5. The molecule has 0 radical (unpaired) electrons. The molecule has 0 fully saturated rings. The molecule has 13 rings (SSSR count). The number of para-hydroxylation sites is 3. The first-order valence-electron chi connectivity index (χ1n) is 21.1. The molecular formula is C57H34N4O2. The molecule has 13 aromatic rings. The second-order valence-electron chi connectivity index (χ2n) is 16.0. The Morgan fingerprint density at radius 3 is 1.59 bits per heavy atom. The van der Waals surface area contributed by atoms with Crippen molar-refractivity contribution in [2.24, 2.45) is 0 Å². The quantitative estimate of drug-likeness (QED) is 0.167. The van der Waals surface area contributed by atoms with E-state index < -0.39 is 0 Å². The first kappa shape index (κ1) is 35.2. The van der Waals surface area contributed by atoms with Crippen molar-refractivity contribution in [3.8, 4) is 62.1 Å². The zero-order valence-corrected chi connectivity index (χ0v) is 33.7. The molecule has 0 N–H and O–H groups in total. The Morgan fingerprint density at radius 1 is 0.302 bits per heavy atom. The predicted octanol–water partition coefficient (Wildman–Crippen LogP) is 15.1. The average molecular weight is 807 g/mol. The van der Waals surface area contributed by atoms with E-state index in [1.54, 1.807) is 0 Å². The van der Waals surface area contributed by atoms with Crippen molar-refractivity contribution in [2.75, 3.05) is 0 Å². The van der Waals surface area contributed by atoms with E-state index in [0.717, 1.165) is 94.0 Å². The highest BCUT2D eigenvalue weighted by molar-refractivity contribution is 6.15. The van der Waals surface area contributed by atoms with Gasteiger partial charge in [0.05, 0.1) is 11.0 Å². The topological polar surface area (TPSA) is 69.9 Å². The normalized spacial score (nSPS) is 11.8. The van der Waals surface area contributed by atoms with Crippen LogP contribution in [0.4, 0.5) is 0 Å². The third-order valence-corrected chi connectivity index (χ3v) is 12.3. The molecule has 4 aromatic heterocycles. The Hall–Kier alpha value is -8.61. The van der Waals surface area contributed by atoms with Crippen LogP contribution in [0.15, 0.2) is 215 Å². The lowest BCUT2D eigenvalue weighted by Gasteiger charge is -2.10. The second-order valence-corrected chi connectivity index (χ2v) is 16.0. The van der Waals surface area contributed by atoms with Crippen molar-refractivity contribution in [2.45, 2.75) is 0 Å². The highest BCUT2D eigenvalue weighted by Crippen LogP contribution is 2.41. The number of aromatic nitrogens is 4. The Labute approximate surface area is 361 Å². The second kappa shape index (κ2) is 14.0. The van der Waals surface area contributed by atoms with E-state index in [0.29, 0.717) is 17.5 Å². The maximum Gasteiger partial charge on any atom is 0.164 e. The van der Waals surface area contributed by atoms with E-state index in [1.165, 1.54) is 16.3 Å². The van der Waals surface area contributed by atoms with E-state index in [-0.39, 0.29) is 0 Å². The minimum Gasteiger partial charge on any atom is -0.456 e. The van der Waals surface area contributed by atoms with Crippen LogP contribution in [-0.2, 0) is 0 Å². The standard InChI is InChI=1S/C57H34N4O2/c1-3-12-35(13-4-1)36-22-24-37(25-23-36)55-58-56(39-27-30-46-45-17-8-10-20-50(45)62-52(46)33-39)60-57(59-55)40-28-31-47-53(34-40)63-51-21-11-18-42(54(47)51)38-26-29-44-43-16-7-9-19-48(43)61(49(44)32-38)41-14-5-2-6-15-41/h1-34H. The number of nitrogens with zero attached hydrogens (tertiary/aromatic N) is 4. The fourth-order valence-electron chi connectivity index (χ4n) is 9.27. The number of furan rings is 2. The van der Waals surface area contributed by atoms with Crippen molar-refractivity contribution < 1.29 is 8.83 Å². The molecule has 294 valence electrons. The fraction of sp³-hybridized carbons (Fsp3) is 0. The monoisotopic (exact) mass is 806 g/mol. The molecule has 0 amide bonds. The van der Waals surface area contributed by atoms with Crippen molar-refractivity contribution >= 4 is 65.7 Å². The summed E-state index contributed by atoms with van der Waals surface area (Å²) in [5.41, 5.74) is 13.7. The van der Waals surface area contributed by atoms with E-state index in [2.05, 4.69) is 174 Å². The van der Waals surface area contributed by atoms with Gasteiger partial charge in [-0.15, -0.1) is 0 Å². The molecule has 4 heterocycles. The lowest BCUT2D eigenvalue weighted by Crippen LogP contribution is -2.00. The average Bonchev–Trinajstić information content (AvgIpc) is 4.03. The summed E-state index contributed by atoms with van der Waals surface area (Å²) < 4.78 is 15.3. The predicted molar refractivity (Wildman–Crippen MR) is 256 cm³/mol. The summed E-state index contributed by atoms with van der Waals surface area (Å²) >= 11 is 0. The number of fused-ring (bicyclic) bond motifs is 9. The van der Waals surface area contributed by atoms with Gasteiger partial charge in [-0.25, -0.2) is 15.0 Å². The van der Waals surface area contributed by atoms with Gasteiger partial charge in [-0.05, 0) is 82.9 Å². The van der Waals surface area contributed by atoms with E-state index >= 15 is 0 Å². The minimum atomic E-state index is 0.550. The number of hydrogen-bond donors (Lipinski definition) is 0. The van der Waals surface area contributed by atoms with Crippen molar-refractivity contribution in [3.05, 3.63) is 206 Å². The highest BCUT2D eigenvalue weighted by Gasteiger charge is 2.19. The third-order valence-electron chi connectivity index (χ3n) is 12.3. The van der Waals surface area contributed by atoms with Crippen LogP contribution in [0.2, 0.25) is 0 Å². The van der Waals surface area contributed by atoms with Crippen LogP contribution >= 0.6 is 0 Å². The molecule has 0 saturated carbocycles. The highest BCUT2D eigenvalue weighted by atomic mass is 16.3. The Balaban J connectivity index is 0.949. The van der Waals surface area contributed by atoms with Gasteiger partial charge < -0.3 is 13.4 Å². The summed E-state index contributed by atoms with van der Waals surface area (Å²) in [5, 5.41) is 6.66. The lowest BCUT2D eigenvalue weighted by atomic mass is 9.98. The van der Waals surface area contributed by atoms with Gasteiger partial charge in [0.2, 0.25) is 0 Å². The van der Waals surface area contributed by atoms with E-state index in [4.69, 9.17) is 23.8 Å². The van der Waals surface area contributed by atoms with Crippen LogP contribution in [0, 0.1) is 0 Å². The number of benzene rings is 9. The van der Waals surface area contributed by atoms with Gasteiger partial charge in [-0.1, -0.05) is 146 Å². The van der Waals surface area contributed by atoms with Gasteiger partial charge in [0, 0.05) is 54.7 Å². The summed E-state index contributed by atoms with van der Waals surface area (Å²) in [6.07, 6.45) is 0. The molecule has 0 bridgehead atoms. The van der Waals surface area contributed by atoms with Gasteiger partial charge >= 0.3 is 0 Å². The van der Waals surface area contributed by atoms with Crippen LogP contribution in [0.3, 0.4) is 0 Å². The fourth-order valence-corrected chi connectivity index (χ4v) is 9.27. The summed E-state index contributed by atoms with van der Waals surface area (Å²) in [5.74, 6) is 1.68. The molecule has 0 saturated heterocycles. The van der Waals surface area contributed by atoms with E-state index in [9.17, 15) is 0 Å². The van der Waals surface area contributed by atoms with Crippen molar-refractivity contribution in [1.82, 2.24) is 19.5 Å². The van der Waals surface area contributed by atoms with Gasteiger partial charge in [0.15, 0.2) is 17.5 Å². The zero-order valence-electron chi connectivity index (χ0n) is 33.7. The molecule has 0 unspecified atom stereocenters. The first-order valence-corrected chi connectivity index (χ1v) is 21.1. The maximum absolute atomic E-state index is 6.68. The summed E-state index contributed by atoms with van der Waals surface area (Å²) in [7, 11) is 0. The molecule has 0 aliphatic rings. The Morgan fingerprint density at radius 2 is 0.810 bits per heavy atom. The van der Waals surface area contributed by atoms with Gasteiger partial charge in [-0.2, -0.15) is 0 Å². The van der Waals surface area contributed by atoms with Crippen LogP contribution in [0.1, 0.15) is 0 Å². The molecule has 0 aliphatic carbocycles. The summed E-state index contributed by atoms with van der Waals surface area (Å²) in [4.78, 5) is 15.3. The van der Waals surface area contributed by atoms with Gasteiger partial charge in [0.25, 0.3) is 0 Å². The van der Waals surface area contributed by atoms with Gasteiger partial charge in [0.1, 0.15) is 22.3 Å². The van der Waals surface area contributed by atoms with Crippen LogP contribution < -0.4 is 0 Å². The van der Waals surface area contributed by atoms with Crippen LogP contribution in [0.25, 0.3) is 128 Å². The molecule has 0 aliphatic heterocycles. The molecule has 9 aromatic carbocycles. The lowest BCUT2D eigenvalue weighted by molar-refractivity contribution is 0.668. The summed E-state index contributed by atoms with van der Waals surface area (Å²) in [6, 6.07) is 71.6. The molecule has 63 heavy (non-hydrogen) atoms. The zero-order chi connectivity index (χ0) is 41.4. The first-order chi connectivity index (χ1) is 31.2. The number of rotatable bonds is 6. The molecule has 0 spiro atoms. The van der Waals surface area contributed by atoms with Crippen LogP contribution in [-0.4, -0.2) is 19.5 Å². The Bertz CT molecular complexity index is 3900. The van der Waals surface area contributed by atoms with E-state index in [1.807, 2.05) is 36.4 Å². The molecule has 6 heteroatoms. The summed E-state index contributed by atoms with van der Waals surface area (Å²) in [6.45, 7) is 0. The van der Waals surface area contributed by atoms with Crippen LogP contribution in [0.5, 0.6) is 0 Å². The molecule has 6 nitrogen and oxygen atoms in total. The molecule has 0 atom stereocenters. The largest absolute Gasteiger partial charge is 0.456 e. The van der Waals surface area contributed by atoms with Crippen molar-refractivity contribution in [3.63, 3.8) is 0 Å². The SMILES string of the molecule is c1ccc(-c2ccc(-c3nc(-c4ccc5c(c4)oc4ccccc45)nc(-c4ccc5c(c4)oc4cccc(-c6ccc7c8ccccc8n(-c8ccccc8)c7c6)c45)n3)cc2)cc1.